The summed E-state index contributed by atoms with van der Waals surface area (Å²) in [4.78, 5) is 0. The number of aryl methyl sites for hydroxylation is 2. The highest BCUT2D eigenvalue weighted by molar-refractivity contribution is 5.34. The predicted molar refractivity (Wildman–Crippen MR) is 98.9 cm³/mol. The molecule has 0 amide bonds. The standard InChI is InChI=1S/C22H30O/c1-16(2)15-22(23)14-9-19-7-12-21(13-8-19)18(4)20-10-5-17(3)6-11-20/h5-8,10-13,16,18,22-23H,9,14-15H2,1-4H3. The normalized spacial score (nSPS) is 14.0. The van der Waals surface area contributed by atoms with E-state index < -0.39 is 0 Å². The third kappa shape index (κ3) is 5.51. The van der Waals surface area contributed by atoms with Gasteiger partial charge in [-0.05, 0) is 48.8 Å². The topological polar surface area (TPSA) is 20.2 Å². The Kier molecular flexibility index (Phi) is 6.41. The van der Waals surface area contributed by atoms with Crippen molar-refractivity contribution in [2.75, 3.05) is 0 Å². The van der Waals surface area contributed by atoms with Gasteiger partial charge in [0.25, 0.3) is 0 Å². The molecule has 0 fully saturated rings. The van der Waals surface area contributed by atoms with Crippen LogP contribution < -0.4 is 0 Å². The first-order valence-electron chi connectivity index (χ1n) is 8.79. The molecule has 0 spiro atoms. The number of hydrogen-bond donors (Lipinski definition) is 1. The van der Waals surface area contributed by atoms with E-state index in [-0.39, 0.29) is 6.10 Å². The lowest BCUT2D eigenvalue weighted by Crippen LogP contribution is -2.11. The minimum Gasteiger partial charge on any atom is -0.393 e. The number of hydrogen-bond acceptors (Lipinski definition) is 1. The van der Waals surface area contributed by atoms with Crippen molar-refractivity contribution < 1.29 is 5.11 Å². The maximum atomic E-state index is 9.99. The zero-order valence-electron chi connectivity index (χ0n) is 14.9. The van der Waals surface area contributed by atoms with Crippen LogP contribution in [0, 0.1) is 12.8 Å². The van der Waals surface area contributed by atoms with Crippen LogP contribution in [-0.2, 0) is 6.42 Å². The molecule has 2 aromatic carbocycles. The largest absolute Gasteiger partial charge is 0.393 e. The Labute approximate surface area is 141 Å². The third-order valence-corrected chi connectivity index (χ3v) is 4.57. The molecule has 0 saturated heterocycles. The van der Waals surface area contributed by atoms with Crippen molar-refractivity contribution in [3.63, 3.8) is 0 Å². The van der Waals surface area contributed by atoms with E-state index in [1.165, 1.54) is 22.3 Å². The van der Waals surface area contributed by atoms with Gasteiger partial charge in [-0.1, -0.05) is 74.9 Å². The van der Waals surface area contributed by atoms with Gasteiger partial charge in [-0.2, -0.15) is 0 Å². The second-order valence-electron chi connectivity index (χ2n) is 7.20. The Morgan fingerprint density at radius 2 is 1.35 bits per heavy atom. The molecule has 1 N–H and O–H groups in total. The Morgan fingerprint density at radius 1 is 0.826 bits per heavy atom. The lowest BCUT2D eigenvalue weighted by atomic mass is 9.91. The summed E-state index contributed by atoms with van der Waals surface area (Å²) in [6.45, 7) is 8.69. The van der Waals surface area contributed by atoms with Crippen LogP contribution in [0.3, 0.4) is 0 Å². The molecule has 0 saturated carbocycles. The van der Waals surface area contributed by atoms with Crippen molar-refractivity contribution in [3.8, 4) is 0 Å². The highest BCUT2D eigenvalue weighted by Crippen LogP contribution is 2.25. The molecule has 0 heterocycles. The minimum atomic E-state index is -0.179. The Morgan fingerprint density at radius 3 is 1.87 bits per heavy atom. The molecule has 2 atom stereocenters. The van der Waals surface area contributed by atoms with Crippen molar-refractivity contribution in [1.29, 1.82) is 0 Å². The molecular weight excluding hydrogens is 280 g/mol. The highest BCUT2D eigenvalue weighted by Gasteiger charge is 2.10. The zero-order chi connectivity index (χ0) is 16.8. The van der Waals surface area contributed by atoms with E-state index in [0.717, 1.165) is 19.3 Å². The maximum absolute atomic E-state index is 9.99. The van der Waals surface area contributed by atoms with Crippen LogP contribution in [0.1, 0.15) is 61.8 Å². The van der Waals surface area contributed by atoms with Gasteiger partial charge < -0.3 is 5.11 Å². The molecule has 2 rings (SSSR count). The molecule has 0 aromatic heterocycles. The lowest BCUT2D eigenvalue weighted by molar-refractivity contribution is 0.140. The summed E-state index contributed by atoms with van der Waals surface area (Å²) in [7, 11) is 0. The van der Waals surface area contributed by atoms with Crippen LogP contribution in [0.15, 0.2) is 48.5 Å². The third-order valence-electron chi connectivity index (χ3n) is 4.57. The summed E-state index contributed by atoms with van der Waals surface area (Å²) in [6, 6.07) is 17.7. The summed E-state index contributed by atoms with van der Waals surface area (Å²) in [5, 5.41) is 9.99. The molecule has 0 aliphatic carbocycles. The molecule has 0 aliphatic rings. The number of aliphatic hydroxyl groups excluding tert-OH is 1. The first-order chi connectivity index (χ1) is 11.0. The summed E-state index contributed by atoms with van der Waals surface area (Å²) in [5.41, 5.74) is 5.32. The monoisotopic (exact) mass is 310 g/mol. The fraction of sp³-hybridized carbons (Fsp3) is 0.455. The number of benzene rings is 2. The highest BCUT2D eigenvalue weighted by atomic mass is 16.3. The van der Waals surface area contributed by atoms with E-state index in [1.54, 1.807) is 0 Å². The van der Waals surface area contributed by atoms with Gasteiger partial charge in [-0.25, -0.2) is 0 Å². The second kappa shape index (κ2) is 8.31. The van der Waals surface area contributed by atoms with Gasteiger partial charge in [0, 0.05) is 5.92 Å². The number of rotatable bonds is 7. The first-order valence-corrected chi connectivity index (χ1v) is 8.79. The van der Waals surface area contributed by atoms with Gasteiger partial charge in [-0.3, -0.25) is 0 Å². The van der Waals surface area contributed by atoms with Crippen molar-refractivity contribution in [2.24, 2.45) is 5.92 Å². The molecule has 1 nitrogen and oxygen atoms in total. The Balaban J connectivity index is 1.95. The molecule has 0 aliphatic heterocycles. The van der Waals surface area contributed by atoms with Crippen LogP contribution in [0.5, 0.6) is 0 Å². The average Bonchev–Trinajstić information content (AvgIpc) is 2.53. The van der Waals surface area contributed by atoms with Gasteiger partial charge in [-0.15, -0.1) is 0 Å². The predicted octanol–water partition coefficient (Wildman–Crippen LogP) is 5.49. The fourth-order valence-electron chi connectivity index (χ4n) is 3.02. The maximum Gasteiger partial charge on any atom is 0.0545 e. The summed E-state index contributed by atoms with van der Waals surface area (Å²) < 4.78 is 0. The van der Waals surface area contributed by atoms with E-state index >= 15 is 0 Å². The van der Waals surface area contributed by atoms with Crippen LogP contribution in [0.25, 0.3) is 0 Å². The van der Waals surface area contributed by atoms with Crippen LogP contribution >= 0.6 is 0 Å². The Hall–Kier alpha value is -1.60. The van der Waals surface area contributed by atoms with E-state index in [1.807, 2.05) is 0 Å². The summed E-state index contributed by atoms with van der Waals surface area (Å²) in [6.07, 6.45) is 2.52. The fourth-order valence-corrected chi connectivity index (χ4v) is 3.02. The molecule has 2 unspecified atom stereocenters. The van der Waals surface area contributed by atoms with Gasteiger partial charge in [0.1, 0.15) is 0 Å². The second-order valence-corrected chi connectivity index (χ2v) is 7.20. The van der Waals surface area contributed by atoms with E-state index in [0.29, 0.717) is 11.8 Å². The van der Waals surface area contributed by atoms with Gasteiger partial charge in [0.15, 0.2) is 0 Å². The molecular formula is C22H30O. The summed E-state index contributed by atoms with van der Waals surface area (Å²) in [5.74, 6) is 0.971. The van der Waals surface area contributed by atoms with Crippen molar-refractivity contribution in [1.82, 2.24) is 0 Å². The lowest BCUT2D eigenvalue weighted by Gasteiger charge is -2.15. The molecule has 1 heteroatoms. The van der Waals surface area contributed by atoms with E-state index in [9.17, 15) is 5.11 Å². The van der Waals surface area contributed by atoms with Crippen molar-refractivity contribution in [2.45, 2.75) is 59.0 Å². The van der Waals surface area contributed by atoms with Crippen LogP contribution in [0.2, 0.25) is 0 Å². The Bertz CT molecular complexity index is 580. The molecule has 0 radical (unpaired) electrons. The molecule has 2 aromatic rings. The van der Waals surface area contributed by atoms with Crippen molar-refractivity contribution >= 4 is 0 Å². The number of aliphatic hydroxyl groups is 1. The SMILES string of the molecule is Cc1ccc(C(C)c2ccc(CCC(O)CC(C)C)cc2)cc1. The molecule has 0 bridgehead atoms. The van der Waals surface area contributed by atoms with E-state index in [4.69, 9.17) is 0 Å². The molecule has 23 heavy (non-hydrogen) atoms. The average molecular weight is 310 g/mol. The minimum absolute atomic E-state index is 0.179. The molecule has 124 valence electrons. The van der Waals surface area contributed by atoms with Gasteiger partial charge in [0.05, 0.1) is 6.10 Å². The van der Waals surface area contributed by atoms with Crippen LogP contribution in [0.4, 0.5) is 0 Å². The first kappa shape index (κ1) is 17.7. The van der Waals surface area contributed by atoms with Gasteiger partial charge in [0.2, 0.25) is 0 Å². The summed E-state index contributed by atoms with van der Waals surface area (Å²) >= 11 is 0. The zero-order valence-corrected chi connectivity index (χ0v) is 14.9. The van der Waals surface area contributed by atoms with Gasteiger partial charge >= 0.3 is 0 Å². The van der Waals surface area contributed by atoms with Crippen molar-refractivity contribution in [3.05, 3.63) is 70.8 Å². The quantitative estimate of drug-likeness (QED) is 0.717. The van der Waals surface area contributed by atoms with Crippen LogP contribution in [-0.4, -0.2) is 11.2 Å². The van der Waals surface area contributed by atoms with E-state index in [2.05, 4.69) is 76.2 Å². The smallest absolute Gasteiger partial charge is 0.0545 e.